The SMILES string of the molecule is NCc1cccc(C2CCN(C(=O)c3cc4ccc(B(O)OC=O)cc4[nH]3)CC2)c1. The number of amides is 1. The first-order valence-electron chi connectivity index (χ1n) is 10.1. The molecule has 1 fully saturated rings. The zero-order valence-corrected chi connectivity index (χ0v) is 16.6. The highest BCUT2D eigenvalue weighted by Gasteiger charge is 2.26. The van der Waals surface area contributed by atoms with E-state index in [4.69, 9.17) is 5.73 Å². The first kappa shape index (κ1) is 20.2. The van der Waals surface area contributed by atoms with Gasteiger partial charge >= 0.3 is 7.12 Å². The van der Waals surface area contributed by atoms with Crippen LogP contribution < -0.4 is 11.2 Å². The topological polar surface area (TPSA) is 109 Å². The van der Waals surface area contributed by atoms with Gasteiger partial charge in [0, 0.05) is 30.5 Å². The van der Waals surface area contributed by atoms with E-state index in [2.05, 4.69) is 21.8 Å². The molecule has 0 spiro atoms. The van der Waals surface area contributed by atoms with E-state index in [1.807, 2.05) is 23.1 Å². The Labute approximate surface area is 175 Å². The molecule has 1 aromatic heterocycles. The maximum Gasteiger partial charge on any atom is 0.561 e. The Hall–Kier alpha value is -3.10. The van der Waals surface area contributed by atoms with Crippen LogP contribution in [0.25, 0.3) is 10.9 Å². The molecule has 1 saturated heterocycles. The van der Waals surface area contributed by atoms with Crippen molar-refractivity contribution >= 4 is 35.9 Å². The molecular formula is C22H24BN3O4. The summed E-state index contributed by atoms with van der Waals surface area (Å²) in [7, 11) is -1.33. The second kappa shape index (κ2) is 8.73. The number of H-pyrrole nitrogens is 1. The lowest BCUT2D eigenvalue weighted by Gasteiger charge is -2.32. The molecule has 2 aromatic carbocycles. The van der Waals surface area contributed by atoms with E-state index in [-0.39, 0.29) is 12.4 Å². The maximum atomic E-state index is 13.0. The average molecular weight is 405 g/mol. The van der Waals surface area contributed by atoms with Gasteiger partial charge in [-0.1, -0.05) is 36.4 Å². The monoisotopic (exact) mass is 405 g/mol. The first-order valence-corrected chi connectivity index (χ1v) is 10.1. The van der Waals surface area contributed by atoms with Gasteiger partial charge in [0.2, 0.25) is 0 Å². The molecule has 2 heterocycles. The van der Waals surface area contributed by atoms with Crippen molar-refractivity contribution in [1.82, 2.24) is 9.88 Å². The van der Waals surface area contributed by atoms with Crippen molar-refractivity contribution < 1.29 is 19.3 Å². The van der Waals surface area contributed by atoms with Crippen LogP contribution in [0.3, 0.4) is 0 Å². The fourth-order valence-electron chi connectivity index (χ4n) is 4.10. The average Bonchev–Trinajstić information content (AvgIpc) is 3.22. The Bertz CT molecular complexity index is 1060. The molecule has 1 aliphatic heterocycles. The smallest absolute Gasteiger partial charge is 0.508 e. The highest BCUT2D eigenvalue weighted by Crippen LogP contribution is 2.29. The summed E-state index contributed by atoms with van der Waals surface area (Å²) in [5.74, 6) is 0.400. The van der Waals surface area contributed by atoms with Crippen LogP contribution in [0.5, 0.6) is 0 Å². The highest BCUT2D eigenvalue weighted by atomic mass is 16.5. The quantitative estimate of drug-likeness (QED) is 0.426. The Morgan fingerprint density at radius 2 is 2.03 bits per heavy atom. The Morgan fingerprint density at radius 1 is 1.23 bits per heavy atom. The van der Waals surface area contributed by atoms with Crippen LogP contribution in [-0.2, 0) is 16.0 Å². The molecule has 30 heavy (non-hydrogen) atoms. The van der Waals surface area contributed by atoms with Gasteiger partial charge in [-0.3, -0.25) is 9.59 Å². The summed E-state index contributed by atoms with van der Waals surface area (Å²) < 4.78 is 4.57. The fourth-order valence-corrected chi connectivity index (χ4v) is 4.10. The number of hydrogen-bond donors (Lipinski definition) is 3. The summed E-state index contributed by atoms with van der Waals surface area (Å²) in [4.78, 5) is 28.4. The van der Waals surface area contributed by atoms with Gasteiger partial charge < -0.3 is 25.3 Å². The van der Waals surface area contributed by atoms with Crippen molar-refractivity contribution in [3.8, 4) is 0 Å². The van der Waals surface area contributed by atoms with Crippen LogP contribution in [0.4, 0.5) is 0 Å². The van der Waals surface area contributed by atoms with E-state index in [0.717, 1.165) is 23.8 Å². The number of nitrogens with one attached hydrogen (secondary N) is 1. The lowest BCUT2D eigenvalue weighted by Crippen LogP contribution is -2.38. The zero-order valence-electron chi connectivity index (χ0n) is 16.6. The molecule has 1 amide bonds. The number of fused-ring (bicyclic) bond motifs is 1. The number of rotatable bonds is 6. The summed E-state index contributed by atoms with van der Waals surface area (Å²) in [6.07, 6.45) is 1.83. The normalized spacial score (nSPS) is 14.7. The first-order chi connectivity index (χ1) is 14.6. The third kappa shape index (κ3) is 4.10. The van der Waals surface area contributed by atoms with E-state index in [0.29, 0.717) is 42.2 Å². The molecule has 0 radical (unpaired) electrons. The lowest BCUT2D eigenvalue weighted by atomic mass is 9.79. The standard InChI is InChI=1S/C22H24BN3O4/c24-13-15-2-1-3-17(10-15)16-6-8-26(9-7-16)22(28)21-11-18-4-5-19(12-20(18)25-21)23(29)30-14-27/h1-5,10-12,14,16,25,29H,6-9,13,24H2. The minimum atomic E-state index is -1.33. The number of benzene rings is 2. The number of hydrogen-bond acceptors (Lipinski definition) is 5. The largest absolute Gasteiger partial charge is 0.561 e. The highest BCUT2D eigenvalue weighted by molar-refractivity contribution is 6.61. The second-order valence-electron chi connectivity index (χ2n) is 7.63. The van der Waals surface area contributed by atoms with Gasteiger partial charge in [0.15, 0.2) is 0 Å². The number of likely N-dealkylation sites (tertiary alicyclic amines) is 1. The summed E-state index contributed by atoms with van der Waals surface area (Å²) in [6, 6.07) is 15.3. The summed E-state index contributed by atoms with van der Waals surface area (Å²) in [6.45, 7) is 2.13. The van der Waals surface area contributed by atoms with E-state index >= 15 is 0 Å². The number of aromatic nitrogens is 1. The van der Waals surface area contributed by atoms with E-state index in [9.17, 15) is 14.6 Å². The minimum Gasteiger partial charge on any atom is -0.508 e. The van der Waals surface area contributed by atoms with Gasteiger partial charge in [0.1, 0.15) is 5.69 Å². The van der Waals surface area contributed by atoms with E-state index in [1.54, 1.807) is 18.2 Å². The number of carbonyl (C=O) groups is 2. The number of piperidine rings is 1. The molecule has 7 nitrogen and oxygen atoms in total. The maximum absolute atomic E-state index is 13.0. The molecule has 1 aliphatic rings. The van der Waals surface area contributed by atoms with Crippen LogP contribution in [0.15, 0.2) is 48.5 Å². The number of aromatic amines is 1. The van der Waals surface area contributed by atoms with Crippen molar-refractivity contribution in [3.05, 3.63) is 65.4 Å². The molecule has 154 valence electrons. The lowest BCUT2D eigenvalue weighted by molar-refractivity contribution is -0.121. The number of carbonyl (C=O) groups excluding carboxylic acids is 2. The molecule has 3 aromatic rings. The molecule has 0 atom stereocenters. The van der Waals surface area contributed by atoms with Gasteiger partial charge in [-0.15, -0.1) is 0 Å². The second-order valence-corrected chi connectivity index (χ2v) is 7.63. The third-order valence-electron chi connectivity index (χ3n) is 5.79. The van der Waals surface area contributed by atoms with Gasteiger partial charge in [-0.25, -0.2) is 0 Å². The molecule has 0 unspecified atom stereocenters. The molecule has 4 N–H and O–H groups in total. The minimum absolute atomic E-state index is 0.0356. The third-order valence-corrected chi connectivity index (χ3v) is 5.79. The van der Waals surface area contributed by atoms with Crippen molar-refractivity contribution in [2.24, 2.45) is 5.73 Å². The molecule has 0 aliphatic carbocycles. The molecule has 0 bridgehead atoms. The molecule has 8 heteroatoms. The van der Waals surface area contributed by atoms with Crippen LogP contribution in [0, 0.1) is 0 Å². The van der Waals surface area contributed by atoms with E-state index < -0.39 is 7.12 Å². The van der Waals surface area contributed by atoms with Crippen LogP contribution in [-0.4, -0.2) is 47.5 Å². The predicted molar refractivity (Wildman–Crippen MR) is 115 cm³/mol. The number of nitrogens with zero attached hydrogens (tertiary/aromatic N) is 1. The van der Waals surface area contributed by atoms with Gasteiger partial charge in [-0.2, -0.15) is 0 Å². The Morgan fingerprint density at radius 3 is 2.77 bits per heavy atom. The summed E-state index contributed by atoms with van der Waals surface area (Å²) in [5.41, 5.74) is 9.83. The zero-order chi connectivity index (χ0) is 21.1. The van der Waals surface area contributed by atoms with Crippen molar-refractivity contribution in [2.75, 3.05) is 13.1 Å². The predicted octanol–water partition coefficient (Wildman–Crippen LogP) is 1.51. The molecule has 4 rings (SSSR count). The molecular weight excluding hydrogens is 381 g/mol. The van der Waals surface area contributed by atoms with Gasteiger partial charge in [0.05, 0.1) is 0 Å². The fraction of sp³-hybridized carbons (Fsp3) is 0.273. The Kier molecular flexibility index (Phi) is 5.87. The van der Waals surface area contributed by atoms with Crippen molar-refractivity contribution in [3.63, 3.8) is 0 Å². The van der Waals surface area contributed by atoms with Crippen LogP contribution >= 0.6 is 0 Å². The van der Waals surface area contributed by atoms with Crippen molar-refractivity contribution in [2.45, 2.75) is 25.3 Å². The molecule has 0 saturated carbocycles. The van der Waals surface area contributed by atoms with E-state index in [1.165, 1.54) is 5.56 Å². The Balaban J connectivity index is 1.44. The van der Waals surface area contributed by atoms with Gasteiger partial charge in [0.25, 0.3) is 12.4 Å². The van der Waals surface area contributed by atoms with Crippen LogP contribution in [0.1, 0.15) is 40.4 Å². The van der Waals surface area contributed by atoms with Crippen molar-refractivity contribution in [1.29, 1.82) is 0 Å². The van der Waals surface area contributed by atoms with Gasteiger partial charge in [-0.05, 0) is 47.5 Å². The summed E-state index contributed by atoms with van der Waals surface area (Å²) in [5, 5.41) is 10.7. The number of nitrogens with two attached hydrogens (primary N) is 1. The van der Waals surface area contributed by atoms with Crippen LogP contribution in [0.2, 0.25) is 0 Å². The summed E-state index contributed by atoms with van der Waals surface area (Å²) >= 11 is 0.